The Morgan fingerprint density at radius 2 is 1.94 bits per heavy atom. The molecule has 0 aromatic heterocycles. The first-order chi connectivity index (χ1) is 15.7. The quantitative estimate of drug-likeness (QED) is 0.367. The second-order valence-corrected chi connectivity index (χ2v) is 10.4. The van der Waals surface area contributed by atoms with Gasteiger partial charge in [-0.15, -0.1) is 0 Å². The van der Waals surface area contributed by atoms with Gasteiger partial charge in [0.1, 0.15) is 18.1 Å². The molecule has 2 bridgehead atoms. The molecule has 2 N–H and O–H groups in total. The van der Waals surface area contributed by atoms with Crippen molar-refractivity contribution in [2.45, 2.75) is 44.1 Å². The highest BCUT2D eigenvalue weighted by atomic mass is 32.3. The molecule has 4 nitrogen and oxygen atoms in total. The minimum absolute atomic E-state index is 0.0292. The van der Waals surface area contributed by atoms with Gasteiger partial charge in [-0.05, 0) is 72.7 Å². The maximum atomic E-state index is 15.1. The van der Waals surface area contributed by atoms with Crippen LogP contribution in [-0.4, -0.2) is 21.9 Å². The van der Waals surface area contributed by atoms with E-state index in [9.17, 15) is 15.0 Å². The Balaban J connectivity index is 1.45. The number of halogens is 2. The Morgan fingerprint density at radius 1 is 1.12 bits per heavy atom. The number of ether oxygens (including phenoxy) is 1. The fraction of sp³-hybridized carbons (Fsp3) is 0.269. The molecule has 2 aromatic rings. The van der Waals surface area contributed by atoms with Crippen molar-refractivity contribution in [2.24, 2.45) is 0 Å². The van der Waals surface area contributed by atoms with Crippen LogP contribution in [0.15, 0.2) is 70.2 Å². The standard InChI is InChI=1S/C26H26F2O4S/c1-17-2-4-21-14-18-3-5-19(20(13-18)10-11-33(27,28)25(21)12-17)6-9-26(31)32-16-22-15-23(29)7-8-24(22)30/h2-5,7-8,12,14-15,29-30H,6,9-11,13,16H2,1H3. The number of allylic oxidation sites excluding steroid dienone is 5. The number of phenolic OH excluding ortho intramolecular Hbond substituents is 2. The van der Waals surface area contributed by atoms with E-state index < -0.39 is 16.8 Å². The lowest BCUT2D eigenvalue weighted by molar-refractivity contribution is -0.144. The van der Waals surface area contributed by atoms with Gasteiger partial charge in [0.15, 0.2) is 0 Å². The number of rotatable bonds is 5. The molecular weight excluding hydrogens is 446 g/mol. The van der Waals surface area contributed by atoms with Gasteiger partial charge in [-0.3, -0.25) is 4.79 Å². The molecule has 7 heteroatoms. The van der Waals surface area contributed by atoms with Crippen LogP contribution < -0.4 is 0 Å². The number of aryl methyl sites for hydroxylation is 1. The topological polar surface area (TPSA) is 66.8 Å². The fourth-order valence-corrected chi connectivity index (χ4v) is 5.64. The SMILES string of the molecule is Cc1ccc2c(c1)S(F)(F)CCC1=C(CCC(=O)OCc3cc(O)ccc3O)C=CC(=C2)C1. The summed E-state index contributed by atoms with van der Waals surface area (Å²) >= 11 is 0. The number of benzene rings is 2. The van der Waals surface area contributed by atoms with Crippen LogP contribution in [0.2, 0.25) is 0 Å². The number of carbonyl (C=O) groups excluding carboxylic acids is 1. The highest BCUT2D eigenvalue weighted by molar-refractivity contribution is 8.25. The molecule has 174 valence electrons. The first kappa shape index (κ1) is 23.1. The summed E-state index contributed by atoms with van der Waals surface area (Å²) in [5.74, 6) is -0.746. The van der Waals surface area contributed by atoms with E-state index >= 15 is 7.77 Å². The summed E-state index contributed by atoms with van der Waals surface area (Å²) in [5.41, 5.74) is 4.56. The Bertz CT molecular complexity index is 1180. The molecule has 33 heavy (non-hydrogen) atoms. The van der Waals surface area contributed by atoms with E-state index in [0.717, 1.165) is 22.3 Å². The van der Waals surface area contributed by atoms with E-state index in [-0.39, 0.29) is 35.2 Å². The molecule has 0 amide bonds. The molecule has 0 fully saturated rings. The second kappa shape index (κ2) is 9.43. The van der Waals surface area contributed by atoms with Gasteiger partial charge < -0.3 is 14.9 Å². The fourth-order valence-electron chi connectivity index (χ4n) is 4.09. The molecule has 4 rings (SSSR count). The molecule has 0 saturated carbocycles. The van der Waals surface area contributed by atoms with Crippen molar-refractivity contribution in [2.75, 3.05) is 5.75 Å². The Kier molecular flexibility index (Phi) is 6.61. The third-order valence-electron chi connectivity index (χ3n) is 5.91. The molecule has 0 atom stereocenters. The van der Waals surface area contributed by atoms with Crippen LogP contribution in [0.1, 0.15) is 42.4 Å². The van der Waals surface area contributed by atoms with E-state index in [2.05, 4.69) is 0 Å². The average Bonchev–Trinajstić information content (AvgIpc) is 2.82. The zero-order chi connectivity index (χ0) is 23.6. The smallest absolute Gasteiger partial charge is 0.306 e. The summed E-state index contributed by atoms with van der Waals surface area (Å²) in [4.78, 5) is 12.4. The largest absolute Gasteiger partial charge is 0.508 e. The number of fused-ring (bicyclic) bond motifs is 3. The van der Waals surface area contributed by atoms with Crippen molar-refractivity contribution in [3.63, 3.8) is 0 Å². The van der Waals surface area contributed by atoms with Crippen LogP contribution in [0, 0.1) is 6.92 Å². The molecule has 2 aromatic carbocycles. The van der Waals surface area contributed by atoms with Gasteiger partial charge >= 0.3 is 5.97 Å². The average molecular weight is 473 g/mol. The summed E-state index contributed by atoms with van der Waals surface area (Å²) in [5, 5.41) is 19.3. The molecule has 1 heterocycles. The van der Waals surface area contributed by atoms with Crippen LogP contribution in [0.3, 0.4) is 0 Å². The van der Waals surface area contributed by atoms with Gasteiger partial charge in [0.05, 0.1) is 15.7 Å². The van der Waals surface area contributed by atoms with Crippen LogP contribution in [0.5, 0.6) is 11.5 Å². The summed E-state index contributed by atoms with van der Waals surface area (Å²) in [6.45, 7) is 1.68. The Hall–Kier alpha value is -3.06. The van der Waals surface area contributed by atoms with Gasteiger partial charge in [-0.2, -0.15) is 7.77 Å². The number of aromatic hydroxyl groups is 2. The Morgan fingerprint density at radius 3 is 2.76 bits per heavy atom. The summed E-state index contributed by atoms with van der Waals surface area (Å²) in [7, 11) is -3.93. The molecule has 0 spiro atoms. The lowest BCUT2D eigenvalue weighted by Gasteiger charge is -2.24. The summed E-state index contributed by atoms with van der Waals surface area (Å²) < 4.78 is 35.5. The maximum Gasteiger partial charge on any atom is 0.306 e. The van der Waals surface area contributed by atoms with Gasteiger partial charge in [-0.1, -0.05) is 35.9 Å². The summed E-state index contributed by atoms with van der Waals surface area (Å²) in [6.07, 6.45) is 7.11. The number of esters is 1. The van der Waals surface area contributed by atoms with Crippen molar-refractivity contribution in [3.8, 4) is 11.5 Å². The minimum Gasteiger partial charge on any atom is -0.508 e. The van der Waals surface area contributed by atoms with E-state index in [1.165, 1.54) is 18.2 Å². The number of hydrogen-bond donors (Lipinski definition) is 2. The third kappa shape index (κ3) is 5.47. The summed E-state index contributed by atoms with van der Waals surface area (Å²) in [6, 6.07) is 9.25. The molecule has 1 aliphatic heterocycles. The van der Waals surface area contributed by atoms with Crippen LogP contribution >= 0.6 is 10.8 Å². The minimum atomic E-state index is -3.93. The van der Waals surface area contributed by atoms with Gasteiger partial charge in [-0.25, -0.2) is 0 Å². The molecule has 2 aliphatic rings. The number of phenols is 2. The zero-order valence-electron chi connectivity index (χ0n) is 18.3. The van der Waals surface area contributed by atoms with Gasteiger partial charge in [0.25, 0.3) is 0 Å². The maximum absolute atomic E-state index is 15.1. The van der Waals surface area contributed by atoms with Crippen molar-refractivity contribution >= 4 is 22.8 Å². The predicted octanol–water partition coefficient (Wildman–Crippen LogP) is 6.91. The van der Waals surface area contributed by atoms with E-state index in [0.29, 0.717) is 30.4 Å². The van der Waals surface area contributed by atoms with Crippen molar-refractivity contribution in [3.05, 3.63) is 82.0 Å². The monoisotopic (exact) mass is 472 g/mol. The van der Waals surface area contributed by atoms with E-state index in [4.69, 9.17) is 4.74 Å². The number of hydrogen-bond acceptors (Lipinski definition) is 4. The Labute approximate surface area is 193 Å². The molecule has 0 saturated heterocycles. The number of carbonyl (C=O) groups is 1. The van der Waals surface area contributed by atoms with Gasteiger partial charge in [0, 0.05) is 17.7 Å². The lowest BCUT2D eigenvalue weighted by Crippen LogP contribution is -2.07. The molecule has 1 aliphatic carbocycles. The van der Waals surface area contributed by atoms with Crippen LogP contribution in [0.4, 0.5) is 7.77 Å². The van der Waals surface area contributed by atoms with E-state index in [1.807, 2.05) is 31.2 Å². The molecule has 0 radical (unpaired) electrons. The van der Waals surface area contributed by atoms with Gasteiger partial charge in [0.2, 0.25) is 0 Å². The van der Waals surface area contributed by atoms with E-state index in [1.54, 1.807) is 12.1 Å². The molecular formula is C26H26F2O4S. The first-order valence-electron chi connectivity index (χ1n) is 10.8. The van der Waals surface area contributed by atoms with Crippen LogP contribution in [0.25, 0.3) is 6.08 Å². The highest BCUT2D eigenvalue weighted by Crippen LogP contribution is 2.62. The van der Waals surface area contributed by atoms with Crippen molar-refractivity contribution in [1.82, 2.24) is 0 Å². The van der Waals surface area contributed by atoms with Crippen LogP contribution in [-0.2, 0) is 16.1 Å². The highest BCUT2D eigenvalue weighted by Gasteiger charge is 2.30. The molecule has 0 unspecified atom stereocenters. The second-order valence-electron chi connectivity index (χ2n) is 8.40. The third-order valence-corrected chi connectivity index (χ3v) is 7.63. The van der Waals surface area contributed by atoms with Crippen molar-refractivity contribution < 1.29 is 27.5 Å². The lowest BCUT2D eigenvalue weighted by atomic mass is 9.89. The zero-order valence-corrected chi connectivity index (χ0v) is 19.1. The first-order valence-corrected chi connectivity index (χ1v) is 12.4. The predicted molar refractivity (Wildman–Crippen MR) is 126 cm³/mol. The van der Waals surface area contributed by atoms with Crippen molar-refractivity contribution in [1.29, 1.82) is 0 Å². The normalized spacial score (nSPS) is 17.8.